The first-order valence-corrected chi connectivity index (χ1v) is 8.24. The van der Waals surface area contributed by atoms with Gasteiger partial charge < -0.3 is 10.4 Å². The first-order valence-electron chi connectivity index (χ1n) is 8.24. The molecular weight excluding hydrogens is 306 g/mol. The SMILES string of the molecule is CC(C(=O)O)c1cccc(NC(=O)c2ccn(C3CCCC3)n2)c1. The van der Waals surface area contributed by atoms with Gasteiger partial charge in [-0.1, -0.05) is 25.0 Å². The molecule has 3 rings (SSSR count). The molecule has 126 valence electrons. The number of nitrogens with one attached hydrogen (secondary N) is 1. The summed E-state index contributed by atoms with van der Waals surface area (Å²) in [6, 6.07) is 9.02. The third kappa shape index (κ3) is 3.48. The summed E-state index contributed by atoms with van der Waals surface area (Å²) in [7, 11) is 0. The van der Waals surface area contributed by atoms with Crippen LogP contribution in [0.5, 0.6) is 0 Å². The van der Waals surface area contributed by atoms with Crippen LogP contribution in [0.2, 0.25) is 0 Å². The number of aromatic nitrogens is 2. The molecule has 1 fully saturated rings. The minimum atomic E-state index is -0.895. The Balaban J connectivity index is 1.70. The molecule has 24 heavy (non-hydrogen) atoms. The number of hydrogen-bond donors (Lipinski definition) is 2. The molecule has 1 saturated carbocycles. The molecule has 1 aromatic heterocycles. The smallest absolute Gasteiger partial charge is 0.310 e. The summed E-state index contributed by atoms with van der Waals surface area (Å²) in [5.74, 6) is -1.80. The van der Waals surface area contributed by atoms with Gasteiger partial charge >= 0.3 is 5.97 Å². The van der Waals surface area contributed by atoms with Crippen molar-refractivity contribution in [3.8, 4) is 0 Å². The number of benzene rings is 1. The quantitative estimate of drug-likeness (QED) is 0.881. The van der Waals surface area contributed by atoms with Gasteiger partial charge in [-0.25, -0.2) is 0 Å². The Morgan fingerprint density at radius 2 is 2.04 bits per heavy atom. The average molecular weight is 327 g/mol. The fourth-order valence-electron chi connectivity index (χ4n) is 3.05. The van der Waals surface area contributed by atoms with Crippen molar-refractivity contribution in [2.75, 3.05) is 5.32 Å². The molecule has 0 spiro atoms. The molecule has 1 unspecified atom stereocenters. The molecule has 0 aliphatic heterocycles. The van der Waals surface area contributed by atoms with E-state index in [1.165, 1.54) is 12.8 Å². The lowest BCUT2D eigenvalue weighted by Gasteiger charge is -2.10. The lowest BCUT2D eigenvalue weighted by molar-refractivity contribution is -0.138. The number of anilines is 1. The topological polar surface area (TPSA) is 84.2 Å². The fraction of sp³-hybridized carbons (Fsp3) is 0.389. The van der Waals surface area contributed by atoms with E-state index in [-0.39, 0.29) is 5.91 Å². The fourth-order valence-corrected chi connectivity index (χ4v) is 3.05. The lowest BCUT2D eigenvalue weighted by Crippen LogP contribution is -2.15. The Morgan fingerprint density at radius 1 is 1.29 bits per heavy atom. The van der Waals surface area contributed by atoms with Crippen molar-refractivity contribution in [3.05, 3.63) is 47.8 Å². The van der Waals surface area contributed by atoms with Gasteiger partial charge in [0, 0.05) is 11.9 Å². The Kier molecular flexibility index (Phi) is 4.64. The molecule has 1 aromatic carbocycles. The molecule has 1 aliphatic rings. The third-order valence-electron chi connectivity index (χ3n) is 4.55. The van der Waals surface area contributed by atoms with Gasteiger partial charge in [-0.05, 0) is 43.5 Å². The van der Waals surface area contributed by atoms with E-state index in [4.69, 9.17) is 5.11 Å². The number of carbonyl (C=O) groups excluding carboxylic acids is 1. The Hall–Kier alpha value is -2.63. The summed E-state index contributed by atoms with van der Waals surface area (Å²) >= 11 is 0. The van der Waals surface area contributed by atoms with E-state index in [1.807, 2.05) is 10.9 Å². The van der Waals surface area contributed by atoms with Crippen molar-refractivity contribution in [1.82, 2.24) is 9.78 Å². The molecular formula is C18H21N3O3. The van der Waals surface area contributed by atoms with Crippen molar-refractivity contribution < 1.29 is 14.7 Å². The maximum Gasteiger partial charge on any atom is 0.310 e. The average Bonchev–Trinajstić information content (AvgIpc) is 3.25. The molecule has 0 radical (unpaired) electrons. The number of nitrogens with zero attached hydrogens (tertiary/aromatic N) is 2. The van der Waals surface area contributed by atoms with E-state index in [0.29, 0.717) is 23.0 Å². The van der Waals surface area contributed by atoms with E-state index in [2.05, 4.69) is 10.4 Å². The maximum absolute atomic E-state index is 12.4. The van der Waals surface area contributed by atoms with Crippen molar-refractivity contribution >= 4 is 17.6 Å². The summed E-state index contributed by atoms with van der Waals surface area (Å²) in [5.41, 5.74) is 1.59. The number of carboxylic acids is 1. The number of rotatable bonds is 5. The minimum Gasteiger partial charge on any atom is -0.481 e. The van der Waals surface area contributed by atoms with E-state index >= 15 is 0 Å². The van der Waals surface area contributed by atoms with Crippen LogP contribution in [0.3, 0.4) is 0 Å². The number of hydrogen-bond acceptors (Lipinski definition) is 3. The van der Waals surface area contributed by atoms with Gasteiger partial charge in [-0.2, -0.15) is 5.10 Å². The molecule has 1 heterocycles. The highest BCUT2D eigenvalue weighted by atomic mass is 16.4. The molecule has 2 N–H and O–H groups in total. The van der Waals surface area contributed by atoms with E-state index < -0.39 is 11.9 Å². The van der Waals surface area contributed by atoms with Crippen LogP contribution < -0.4 is 5.32 Å². The van der Waals surface area contributed by atoms with Gasteiger partial charge in [0.1, 0.15) is 0 Å². The third-order valence-corrected chi connectivity index (χ3v) is 4.55. The molecule has 6 heteroatoms. The van der Waals surface area contributed by atoms with Gasteiger partial charge in [0.05, 0.1) is 12.0 Å². The number of aliphatic carboxylic acids is 1. The second kappa shape index (κ2) is 6.86. The Morgan fingerprint density at radius 3 is 2.75 bits per heavy atom. The summed E-state index contributed by atoms with van der Waals surface area (Å²) in [6.07, 6.45) is 6.49. The maximum atomic E-state index is 12.4. The molecule has 1 aliphatic carbocycles. The highest BCUT2D eigenvalue weighted by Gasteiger charge is 2.19. The Labute approximate surface area is 140 Å². The zero-order valence-corrected chi connectivity index (χ0v) is 13.6. The summed E-state index contributed by atoms with van der Waals surface area (Å²) in [6.45, 7) is 1.62. The van der Waals surface area contributed by atoms with Crippen molar-refractivity contribution in [2.24, 2.45) is 0 Å². The zero-order valence-electron chi connectivity index (χ0n) is 13.6. The molecule has 1 atom stereocenters. The van der Waals surface area contributed by atoms with Crippen LogP contribution in [0.25, 0.3) is 0 Å². The first kappa shape index (κ1) is 16.2. The van der Waals surface area contributed by atoms with Crippen LogP contribution in [-0.4, -0.2) is 26.8 Å². The molecule has 2 aromatic rings. The van der Waals surface area contributed by atoms with Crippen LogP contribution >= 0.6 is 0 Å². The van der Waals surface area contributed by atoms with Crippen LogP contribution in [0, 0.1) is 0 Å². The zero-order chi connectivity index (χ0) is 17.1. The first-order chi connectivity index (χ1) is 11.5. The second-order valence-electron chi connectivity index (χ2n) is 6.26. The monoisotopic (exact) mass is 327 g/mol. The highest BCUT2D eigenvalue weighted by molar-refractivity contribution is 6.02. The second-order valence-corrected chi connectivity index (χ2v) is 6.26. The van der Waals surface area contributed by atoms with E-state index in [9.17, 15) is 9.59 Å². The summed E-state index contributed by atoms with van der Waals surface area (Å²) in [4.78, 5) is 23.4. The van der Waals surface area contributed by atoms with Gasteiger partial charge in [-0.3, -0.25) is 14.3 Å². The van der Waals surface area contributed by atoms with Crippen LogP contribution in [0.15, 0.2) is 36.5 Å². The van der Waals surface area contributed by atoms with E-state index in [0.717, 1.165) is 12.8 Å². The molecule has 1 amide bonds. The minimum absolute atomic E-state index is 0.285. The predicted molar refractivity (Wildman–Crippen MR) is 90.2 cm³/mol. The van der Waals surface area contributed by atoms with Crippen LogP contribution in [0.4, 0.5) is 5.69 Å². The number of carbonyl (C=O) groups is 2. The molecule has 0 saturated heterocycles. The van der Waals surface area contributed by atoms with Crippen LogP contribution in [0.1, 0.15) is 60.6 Å². The van der Waals surface area contributed by atoms with Gasteiger partial charge in [0.15, 0.2) is 5.69 Å². The summed E-state index contributed by atoms with van der Waals surface area (Å²) < 4.78 is 1.88. The van der Waals surface area contributed by atoms with Crippen molar-refractivity contribution in [1.29, 1.82) is 0 Å². The van der Waals surface area contributed by atoms with Gasteiger partial charge in [0.2, 0.25) is 0 Å². The number of amides is 1. The standard InChI is InChI=1S/C18H21N3O3/c1-12(18(23)24)13-5-4-6-14(11-13)19-17(22)16-9-10-21(20-16)15-7-2-3-8-15/h4-6,9-12,15H,2-3,7-8H2,1H3,(H,19,22)(H,23,24). The Bertz CT molecular complexity index is 747. The van der Waals surface area contributed by atoms with Crippen molar-refractivity contribution in [3.63, 3.8) is 0 Å². The highest BCUT2D eigenvalue weighted by Crippen LogP contribution is 2.28. The lowest BCUT2D eigenvalue weighted by atomic mass is 10.0. The van der Waals surface area contributed by atoms with Gasteiger partial charge in [-0.15, -0.1) is 0 Å². The van der Waals surface area contributed by atoms with E-state index in [1.54, 1.807) is 37.3 Å². The molecule has 0 bridgehead atoms. The van der Waals surface area contributed by atoms with Gasteiger partial charge in [0.25, 0.3) is 5.91 Å². The predicted octanol–water partition coefficient (Wildman–Crippen LogP) is 3.44. The van der Waals surface area contributed by atoms with Crippen molar-refractivity contribution in [2.45, 2.75) is 44.6 Å². The number of carboxylic acid groups (broad SMARTS) is 1. The van der Waals surface area contributed by atoms with Crippen LogP contribution in [-0.2, 0) is 4.79 Å². The summed E-state index contributed by atoms with van der Waals surface area (Å²) in [5, 5.41) is 16.3. The largest absolute Gasteiger partial charge is 0.481 e. The molecule has 6 nitrogen and oxygen atoms in total. The normalized spacial score (nSPS) is 16.0.